The molecule has 0 amide bonds. The lowest BCUT2D eigenvalue weighted by Crippen LogP contribution is -2.16. The monoisotopic (exact) mass is 189 g/mol. The van der Waals surface area contributed by atoms with Gasteiger partial charge in [-0.15, -0.1) is 4.98 Å². The van der Waals surface area contributed by atoms with Crippen LogP contribution in [0.4, 0.5) is 0 Å². The van der Waals surface area contributed by atoms with E-state index in [1.807, 2.05) is 0 Å². The quantitative estimate of drug-likeness (QED) is 0.740. The van der Waals surface area contributed by atoms with E-state index in [0.29, 0.717) is 0 Å². The van der Waals surface area contributed by atoms with Gasteiger partial charge < -0.3 is 4.74 Å². The summed E-state index contributed by atoms with van der Waals surface area (Å²) in [5.41, 5.74) is -0.564. The number of nitrogens with one attached hydrogen (secondary N) is 1. The van der Waals surface area contributed by atoms with Gasteiger partial charge >= 0.3 is 11.7 Å². The maximum atomic E-state index is 10.7. The Labute approximate surface area is 73.8 Å². The third-order valence-electron chi connectivity index (χ3n) is 0.942. The van der Waals surface area contributed by atoms with Gasteiger partial charge in [-0.25, -0.2) is 4.79 Å². The van der Waals surface area contributed by atoms with E-state index in [4.69, 9.17) is 16.3 Å². The molecule has 0 radical (unpaired) electrons. The predicted octanol–water partition coefficient (Wildman–Crippen LogP) is 0.605. The second-order valence-electron chi connectivity index (χ2n) is 2.39. The molecule has 1 aromatic rings. The summed E-state index contributed by atoms with van der Waals surface area (Å²) in [6, 6.07) is -0.00116. The summed E-state index contributed by atoms with van der Waals surface area (Å²) >= 11 is 5.45. The van der Waals surface area contributed by atoms with E-state index in [1.165, 1.54) is 0 Å². The van der Waals surface area contributed by atoms with E-state index in [-0.39, 0.29) is 17.4 Å². The molecule has 1 heterocycles. The first-order chi connectivity index (χ1) is 5.58. The number of H-pyrrole nitrogens is 1. The van der Waals surface area contributed by atoms with Crippen molar-refractivity contribution in [2.24, 2.45) is 0 Å². The highest BCUT2D eigenvalue weighted by Crippen LogP contribution is 2.03. The lowest BCUT2D eigenvalue weighted by atomic mass is 10.5. The second-order valence-corrected chi connectivity index (χ2v) is 2.75. The molecule has 1 N–H and O–H groups in total. The Kier molecular flexibility index (Phi) is 2.65. The van der Waals surface area contributed by atoms with Crippen LogP contribution in [0.15, 0.2) is 4.79 Å². The minimum atomic E-state index is -0.564. The Hall–Kier alpha value is -1.10. The average molecular weight is 190 g/mol. The van der Waals surface area contributed by atoms with Crippen LogP contribution < -0.4 is 10.4 Å². The molecule has 0 aliphatic carbocycles. The van der Waals surface area contributed by atoms with Gasteiger partial charge in [-0.3, -0.25) is 4.98 Å². The van der Waals surface area contributed by atoms with Crippen LogP contribution in [-0.2, 0) is 0 Å². The van der Waals surface area contributed by atoms with Gasteiger partial charge in [0.15, 0.2) is 0 Å². The zero-order chi connectivity index (χ0) is 9.14. The molecule has 5 nitrogen and oxygen atoms in total. The van der Waals surface area contributed by atoms with Crippen LogP contribution in [-0.4, -0.2) is 21.1 Å². The summed E-state index contributed by atoms with van der Waals surface area (Å²) in [6.07, 6.45) is -0.0807. The number of rotatable bonds is 2. The van der Waals surface area contributed by atoms with Crippen molar-refractivity contribution in [1.29, 1.82) is 0 Å². The lowest BCUT2D eigenvalue weighted by Gasteiger charge is -2.05. The Morgan fingerprint density at radius 3 is 2.67 bits per heavy atom. The summed E-state index contributed by atoms with van der Waals surface area (Å²) < 4.78 is 5.05. The molecule has 0 saturated heterocycles. The van der Waals surface area contributed by atoms with E-state index in [9.17, 15) is 4.79 Å². The Morgan fingerprint density at radius 1 is 1.50 bits per heavy atom. The minimum absolute atomic E-state index is 0.00116. The van der Waals surface area contributed by atoms with Crippen LogP contribution in [0.5, 0.6) is 6.01 Å². The molecular formula is C6H8ClN3O2. The Morgan fingerprint density at radius 2 is 2.17 bits per heavy atom. The van der Waals surface area contributed by atoms with Crippen molar-refractivity contribution in [3.8, 4) is 6.01 Å². The van der Waals surface area contributed by atoms with Gasteiger partial charge in [0.05, 0.1) is 6.10 Å². The first-order valence-corrected chi connectivity index (χ1v) is 3.76. The van der Waals surface area contributed by atoms with Crippen LogP contribution in [0.1, 0.15) is 13.8 Å². The fraction of sp³-hybridized carbons (Fsp3) is 0.500. The first kappa shape index (κ1) is 8.99. The molecule has 0 atom stereocenters. The van der Waals surface area contributed by atoms with E-state index in [1.54, 1.807) is 13.8 Å². The molecule has 1 rings (SSSR count). The van der Waals surface area contributed by atoms with Gasteiger partial charge in [-0.2, -0.15) is 4.98 Å². The third kappa shape index (κ3) is 2.50. The molecule has 0 spiro atoms. The molecule has 66 valence electrons. The van der Waals surface area contributed by atoms with Gasteiger partial charge in [0, 0.05) is 0 Å². The zero-order valence-corrected chi connectivity index (χ0v) is 7.42. The number of aromatic amines is 1. The largest absolute Gasteiger partial charge is 0.461 e. The SMILES string of the molecule is CC(C)Oc1nc(Cl)[nH]c(=O)n1. The molecule has 0 fully saturated rings. The number of aromatic nitrogens is 3. The zero-order valence-electron chi connectivity index (χ0n) is 6.67. The highest BCUT2D eigenvalue weighted by atomic mass is 35.5. The van der Waals surface area contributed by atoms with Crippen LogP contribution in [0.3, 0.4) is 0 Å². The van der Waals surface area contributed by atoms with Crippen molar-refractivity contribution in [1.82, 2.24) is 15.0 Å². The number of hydrogen-bond donors (Lipinski definition) is 1. The standard InChI is InChI=1S/C6H8ClN3O2/c1-3(2)12-6-9-4(7)8-5(11)10-6/h3H,1-2H3,(H,8,9,10,11). The smallest absolute Gasteiger partial charge is 0.351 e. The molecule has 0 aliphatic heterocycles. The molecule has 1 aromatic heterocycles. The van der Waals surface area contributed by atoms with E-state index in [2.05, 4.69) is 15.0 Å². The highest BCUT2D eigenvalue weighted by molar-refractivity contribution is 6.28. The van der Waals surface area contributed by atoms with Gasteiger partial charge in [0.1, 0.15) is 0 Å². The number of ether oxygens (including phenoxy) is 1. The number of nitrogens with zero attached hydrogens (tertiary/aromatic N) is 2. The summed E-state index contributed by atoms with van der Waals surface area (Å²) in [4.78, 5) is 20.0. The summed E-state index contributed by atoms with van der Waals surface area (Å²) in [5, 5.41) is -0.0225. The molecular weight excluding hydrogens is 182 g/mol. The minimum Gasteiger partial charge on any atom is -0.461 e. The maximum absolute atomic E-state index is 10.7. The van der Waals surface area contributed by atoms with Crippen molar-refractivity contribution < 1.29 is 4.74 Å². The van der Waals surface area contributed by atoms with Gasteiger partial charge in [0.2, 0.25) is 5.28 Å². The second kappa shape index (κ2) is 3.53. The summed E-state index contributed by atoms with van der Waals surface area (Å²) in [5.74, 6) is 0. The normalized spacial score (nSPS) is 10.3. The van der Waals surface area contributed by atoms with E-state index in [0.717, 1.165) is 0 Å². The highest BCUT2D eigenvalue weighted by Gasteiger charge is 2.03. The number of halogens is 1. The van der Waals surface area contributed by atoms with E-state index < -0.39 is 5.69 Å². The van der Waals surface area contributed by atoms with Gasteiger partial charge in [-0.1, -0.05) is 0 Å². The average Bonchev–Trinajstić information content (AvgIpc) is 1.81. The van der Waals surface area contributed by atoms with Crippen LogP contribution in [0.2, 0.25) is 5.28 Å². The van der Waals surface area contributed by atoms with Crippen molar-refractivity contribution >= 4 is 11.6 Å². The van der Waals surface area contributed by atoms with Crippen LogP contribution in [0, 0.1) is 0 Å². The molecule has 0 unspecified atom stereocenters. The lowest BCUT2D eigenvalue weighted by molar-refractivity contribution is 0.220. The molecule has 0 aromatic carbocycles. The van der Waals surface area contributed by atoms with Crippen molar-refractivity contribution in [3.05, 3.63) is 15.8 Å². The summed E-state index contributed by atoms with van der Waals surface area (Å²) in [6.45, 7) is 3.61. The molecule has 0 saturated carbocycles. The van der Waals surface area contributed by atoms with Gasteiger partial charge in [-0.05, 0) is 25.4 Å². The molecule has 0 aliphatic rings. The fourth-order valence-electron chi connectivity index (χ4n) is 0.604. The third-order valence-corrected chi connectivity index (χ3v) is 1.12. The van der Waals surface area contributed by atoms with Gasteiger partial charge in [0.25, 0.3) is 0 Å². The molecule has 0 bridgehead atoms. The Balaban J connectivity index is 2.93. The summed E-state index contributed by atoms with van der Waals surface area (Å²) in [7, 11) is 0. The van der Waals surface area contributed by atoms with Crippen LogP contribution in [0.25, 0.3) is 0 Å². The van der Waals surface area contributed by atoms with Crippen molar-refractivity contribution in [2.75, 3.05) is 0 Å². The predicted molar refractivity (Wildman–Crippen MR) is 43.4 cm³/mol. The topological polar surface area (TPSA) is 67.9 Å². The van der Waals surface area contributed by atoms with Crippen molar-refractivity contribution in [3.63, 3.8) is 0 Å². The first-order valence-electron chi connectivity index (χ1n) is 3.38. The molecule has 12 heavy (non-hydrogen) atoms. The van der Waals surface area contributed by atoms with E-state index >= 15 is 0 Å². The Bertz CT molecular complexity index is 323. The van der Waals surface area contributed by atoms with Crippen LogP contribution >= 0.6 is 11.6 Å². The van der Waals surface area contributed by atoms with Crippen molar-refractivity contribution in [2.45, 2.75) is 20.0 Å². The number of hydrogen-bond acceptors (Lipinski definition) is 4. The molecule has 6 heteroatoms. The fourth-order valence-corrected chi connectivity index (χ4v) is 0.757. The maximum Gasteiger partial charge on any atom is 0.351 e.